The molecule has 2 aliphatic rings. The minimum Gasteiger partial charge on any atom is -0.496 e. The Morgan fingerprint density at radius 3 is 2.70 bits per heavy atom. The van der Waals surface area contributed by atoms with Crippen molar-refractivity contribution in [1.82, 2.24) is 20.2 Å². The van der Waals surface area contributed by atoms with Crippen LogP contribution in [-0.4, -0.2) is 54.1 Å². The van der Waals surface area contributed by atoms with Gasteiger partial charge in [0.25, 0.3) is 5.91 Å². The van der Waals surface area contributed by atoms with Crippen LogP contribution >= 0.6 is 34.5 Å². The predicted molar refractivity (Wildman–Crippen MR) is 120 cm³/mol. The first-order valence-electron chi connectivity index (χ1n) is 9.45. The van der Waals surface area contributed by atoms with Gasteiger partial charge in [0.1, 0.15) is 10.6 Å². The molecule has 0 spiro atoms. The zero-order chi connectivity index (χ0) is 21.2. The van der Waals surface area contributed by atoms with Gasteiger partial charge in [0.2, 0.25) is 5.95 Å². The fourth-order valence-electron chi connectivity index (χ4n) is 4.35. The number of aromatic nitrogens is 2. The summed E-state index contributed by atoms with van der Waals surface area (Å²) >= 11 is 13.9. The minimum absolute atomic E-state index is 0.0964. The number of hydrogen-bond acceptors (Lipinski definition) is 7. The van der Waals surface area contributed by atoms with E-state index in [1.165, 1.54) is 18.4 Å². The third kappa shape index (κ3) is 3.28. The van der Waals surface area contributed by atoms with Gasteiger partial charge in [-0.2, -0.15) is 0 Å². The molecule has 7 nitrogen and oxygen atoms in total. The number of rotatable bonds is 4. The number of piperidine rings is 1. The van der Waals surface area contributed by atoms with Crippen LogP contribution < -0.4 is 15.8 Å². The second-order valence-electron chi connectivity index (χ2n) is 7.77. The highest BCUT2D eigenvalue weighted by Crippen LogP contribution is 2.46. The van der Waals surface area contributed by atoms with Crippen molar-refractivity contribution in [2.24, 2.45) is 11.8 Å². The molecular formula is C20H19Cl2N5O2S. The van der Waals surface area contributed by atoms with E-state index in [0.29, 0.717) is 54.0 Å². The summed E-state index contributed by atoms with van der Waals surface area (Å²) < 4.78 is 5.47. The molecule has 2 aromatic heterocycles. The van der Waals surface area contributed by atoms with Crippen molar-refractivity contribution in [2.75, 3.05) is 33.0 Å². The highest BCUT2D eigenvalue weighted by Gasteiger charge is 2.55. The van der Waals surface area contributed by atoms with Crippen LogP contribution in [0.25, 0.3) is 21.5 Å². The first-order chi connectivity index (χ1) is 14.4. The Morgan fingerprint density at radius 2 is 2.00 bits per heavy atom. The lowest BCUT2D eigenvalue weighted by Gasteiger charge is -2.13. The number of benzene rings is 1. The molecule has 0 radical (unpaired) electrons. The molecule has 1 aliphatic heterocycles. The van der Waals surface area contributed by atoms with Crippen molar-refractivity contribution in [3.05, 3.63) is 33.1 Å². The number of nitrogens with one attached hydrogen (secondary N) is 1. The standard InChI is InChI=1S/C20H19Cl2N5O2S/c1-27-6-10-11(7-27)16(10)24-18(28)14-5-9-17(25-20(23)26-19(9)30-14)15-12(22)3-8(21)4-13(15)29-2/h3-5,10-11,16H,6-7H2,1-2H3,(H,24,28)(H2,23,25,26). The molecule has 2 atom stereocenters. The molecule has 2 fully saturated rings. The van der Waals surface area contributed by atoms with E-state index in [9.17, 15) is 4.79 Å². The van der Waals surface area contributed by atoms with E-state index in [2.05, 4.69) is 27.2 Å². The Balaban J connectivity index is 1.52. The number of carbonyl (C=O) groups excluding carboxylic acids is 1. The Labute approximate surface area is 187 Å². The van der Waals surface area contributed by atoms with E-state index < -0.39 is 0 Å². The molecule has 10 heteroatoms. The van der Waals surface area contributed by atoms with Gasteiger partial charge < -0.3 is 20.7 Å². The van der Waals surface area contributed by atoms with Crippen LogP contribution in [0.1, 0.15) is 9.67 Å². The molecule has 1 aliphatic carbocycles. The van der Waals surface area contributed by atoms with Gasteiger partial charge in [-0.15, -0.1) is 11.3 Å². The maximum absolute atomic E-state index is 12.9. The van der Waals surface area contributed by atoms with Gasteiger partial charge in [0, 0.05) is 29.5 Å². The number of nitrogens with zero attached hydrogens (tertiary/aromatic N) is 3. The number of halogens is 2. The summed E-state index contributed by atoms with van der Waals surface area (Å²) in [6.45, 7) is 2.06. The third-order valence-corrected chi connectivity index (χ3v) is 7.33. The second kappa shape index (κ2) is 7.23. The molecule has 3 heterocycles. The van der Waals surface area contributed by atoms with Crippen LogP contribution in [0.3, 0.4) is 0 Å². The number of likely N-dealkylation sites (tertiary alicyclic amines) is 1. The summed E-state index contributed by atoms with van der Waals surface area (Å²) in [7, 11) is 3.64. The zero-order valence-electron chi connectivity index (χ0n) is 16.3. The largest absolute Gasteiger partial charge is 0.496 e. The fraction of sp³-hybridized carbons (Fsp3) is 0.350. The molecule has 0 bridgehead atoms. The Morgan fingerprint density at radius 1 is 1.27 bits per heavy atom. The summed E-state index contributed by atoms with van der Waals surface area (Å²) in [5.41, 5.74) is 7.03. The van der Waals surface area contributed by atoms with Crippen molar-refractivity contribution in [1.29, 1.82) is 0 Å². The van der Waals surface area contributed by atoms with E-state index in [0.717, 1.165) is 13.1 Å². The Bertz CT molecular complexity index is 1170. The van der Waals surface area contributed by atoms with Gasteiger partial charge in [0.15, 0.2) is 0 Å². The van der Waals surface area contributed by atoms with Crippen LogP contribution in [0.15, 0.2) is 18.2 Å². The number of anilines is 1. The average Bonchev–Trinajstić information content (AvgIpc) is 3.04. The Hall–Kier alpha value is -2.13. The quantitative estimate of drug-likeness (QED) is 0.614. The molecule has 156 valence electrons. The van der Waals surface area contributed by atoms with Gasteiger partial charge in [-0.1, -0.05) is 23.2 Å². The maximum Gasteiger partial charge on any atom is 0.261 e. The number of methoxy groups -OCH3 is 1. The minimum atomic E-state index is -0.0984. The number of amides is 1. The second-order valence-corrected chi connectivity index (χ2v) is 9.65. The van der Waals surface area contributed by atoms with Gasteiger partial charge >= 0.3 is 0 Å². The van der Waals surface area contributed by atoms with Gasteiger partial charge in [0.05, 0.1) is 28.3 Å². The average molecular weight is 464 g/mol. The number of hydrogen-bond donors (Lipinski definition) is 2. The number of nitrogen functional groups attached to an aromatic ring is 1. The summed E-state index contributed by atoms with van der Waals surface area (Å²) in [6.07, 6.45) is 0. The van der Waals surface area contributed by atoms with E-state index in [1.54, 1.807) is 18.2 Å². The van der Waals surface area contributed by atoms with Crippen LogP contribution in [0.4, 0.5) is 5.95 Å². The SMILES string of the molecule is COc1cc(Cl)cc(Cl)c1-c1nc(N)nc2sc(C(=O)NC3C4CN(C)CC43)cc12. The molecule has 1 aromatic carbocycles. The number of thiophene rings is 1. The molecule has 3 N–H and O–H groups in total. The van der Waals surface area contributed by atoms with Gasteiger partial charge in [-0.25, -0.2) is 9.97 Å². The lowest BCUT2D eigenvalue weighted by molar-refractivity contribution is 0.0948. The number of ether oxygens (including phenoxy) is 1. The molecule has 5 rings (SSSR count). The van der Waals surface area contributed by atoms with E-state index in [-0.39, 0.29) is 17.9 Å². The number of fused-ring (bicyclic) bond motifs is 2. The highest BCUT2D eigenvalue weighted by molar-refractivity contribution is 7.20. The molecule has 30 heavy (non-hydrogen) atoms. The Kier molecular flexibility index (Phi) is 4.77. The summed E-state index contributed by atoms with van der Waals surface area (Å²) in [5, 5.41) is 4.69. The zero-order valence-corrected chi connectivity index (χ0v) is 18.6. The first-order valence-corrected chi connectivity index (χ1v) is 11.0. The lowest BCUT2D eigenvalue weighted by Crippen LogP contribution is -2.32. The predicted octanol–water partition coefficient (Wildman–Crippen LogP) is 3.55. The molecule has 3 aromatic rings. The molecule has 1 saturated heterocycles. The van der Waals surface area contributed by atoms with Crippen LogP contribution in [0.2, 0.25) is 10.0 Å². The monoisotopic (exact) mass is 463 g/mol. The van der Waals surface area contributed by atoms with Crippen molar-refractivity contribution in [2.45, 2.75) is 6.04 Å². The van der Waals surface area contributed by atoms with Crippen LogP contribution in [-0.2, 0) is 0 Å². The maximum atomic E-state index is 12.9. The third-order valence-electron chi connectivity index (χ3n) is 5.78. The van der Waals surface area contributed by atoms with Crippen molar-refractivity contribution in [3.8, 4) is 17.0 Å². The number of carbonyl (C=O) groups is 1. The summed E-state index contributed by atoms with van der Waals surface area (Å²) in [5.74, 6) is 1.57. The smallest absolute Gasteiger partial charge is 0.261 e. The van der Waals surface area contributed by atoms with Crippen LogP contribution in [0.5, 0.6) is 5.75 Å². The fourth-order valence-corrected chi connectivity index (χ4v) is 5.86. The van der Waals surface area contributed by atoms with Gasteiger partial charge in [-0.05, 0) is 37.1 Å². The van der Waals surface area contributed by atoms with Crippen LogP contribution in [0, 0.1) is 11.8 Å². The van der Waals surface area contributed by atoms with E-state index in [1.807, 2.05) is 0 Å². The van der Waals surface area contributed by atoms with Crippen molar-refractivity contribution >= 4 is 56.6 Å². The molecule has 2 unspecified atom stereocenters. The topological polar surface area (TPSA) is 93.4 Å². The van der Waals surface area contributed by atoms with E-state index >= 15 is 0 Å². The summed E-state index contributed by atoms with van der Waals surface area (Å²) in [4.78, 5) is 25.1. The van der Waals surface area contributed by atoms with E-state index in [4.69, 9.17) is 33.7 Å². The molecule has 1 amide bonds. The molecular weight excluding hydrogens is 445 g/mol. The number of nitrogens with two attached hydrogens (primary N) is 1. The first kappa shape index (κ1) is 19.8. The highest BCUT2D eigenvalue weighted by atomic mass is 35.5. The van der Waals surface area contributed by atoms with Crippen molar-refractivity contribution < 1.29 is 9.53 Å². The lowest BCUT2D eigenvalue weighted by atomic mass is 10.1. The molecule has 1 saturated carbocycles. The summed E-state index contributed by atoms with van der Waals surface area (Å²) in [6, 6.07) is 5.32. The van der Waals surface area contributed by atoms with Crippen molar-refractivity contribution in [3.63, 3.8) is 0 Å². The van der Waals surface area contributed by atoms with Gasteiger partial charge in [-0.3, -0.25) is 4.79 Å². The normalized spacial score (nSPS) is 22.9.